The van der Waals surface area contributed by atoms with E-state index in [-0.39, 0.29) is 10.8 Å². The first-order valence-corrected chi connectivity index (χ1v) is 47.4. The van der Waals surface area contributed by atoms with E-state index in [0.717, 1.165) is 46.4 Å². The lowest BCUT2D eigenvalue weighted by Gasteiger charge is -2.35. The number of fused-ring (bicyclic) bond motifs is 16. The summed E-state index contributed by atoms with van der Waals surface area (Å²) >= 11 is 15.7. The van der Waals surface area contributed by atoms with Gasteiger partial charge in [-0.25, -0.2) is 0 Å². The average Bonchev–Trinajstić information content (AvgIpc) is 1.52. The highest BCUT2D eigenvalue weighted by molar-refractivity contribution is 8.23. The maximum atomic E-state index is 5.62. The number of thioether (sulfide) groups is 4. The Kier molecular flexibility index (Phi) is 28.2. The minimum absolute atomic E-state index is 0.0979. The van der Waals surface area contributed by atoms with Crippen LogP contribution >= 0.6 is 93.2 Å². The van der Waals surface area contributed by atoms with Gasteiger partial charge in [0.05, 0.1) is 23.5 Å². The molecule has 0 saturated heterocycles. The molecule has 4 aromatic carbocycles. The second-order valence-electron chi connectivity index (χ2n) is 30.1. The Labute approximate surface area is 638 Å². The van der Waals surface area contributed by atoms with Gasteiger partial charge in [-0.05, 0) is 181 Å². The van der Waals surface area contributed by atoms with Crippen molar-refractivity contribution in [2.45, 2.75) is 311 Å². The quantitative estimate of drug-likeness (QED) is 0.0350. The van der Waals surface area contributed by atoms with Gasteiger partial charge in [0.25, 0.3) is 0 Å². The average molecular weight is 1490 g/mol. The van der Waals surface area contributed by atoms with E-state index in [4.69, 9.17) is 17.5 Å². The number of thiophene rings is 2. The van der Waals surface area contributed by atoms with Crippen molar-refractivity contribution in [3.05, 3.63) is 112 Å². The van der Waals surface area contributed by atoms with E-state index in [1.54, 1.807) is 19.6 Å². The first kappa shape index (κ1) is 76.4. The molecule has 0 aliphatic heterocycles. The van der Waals surface area contributed by atoms with Crippen LogP contribution in [-0.2, 0) is 10.8 Å². The van der Waals surface area contributed by atoms with Crippen molar-refractivity contribution in [3.63, 3.8) is 0 Å². The van der Waals surface area contributed by atoms with Gasteiger partial charge in [-0.2, -0.15) is 17.5 Å². The van der Waals surface area contributed by atoms with Crippen molar-refractivity contribution in [3.8, 4) is 53.6 Å². The Morgan fingerprint density at radius 2 is 0.660 bits per heavy atom. The van der Waals surface area contributed by atoms with Crippen LogP contribution in [0.2, 0.25) is 0 Å². The van der Waals surface area contributed by atoms with E-state index in [1.165, 1.54) is 362 Å². The third-order valence-electron chi connectivity index (χ3n) is 22.8. The summed E-state index contributed by atoms with van der Waals surface area (Å²) in [7, 11) is 0. The number of nitrogens with zero attached hydrogens (tertiary/aromatic N) is 4. The molecule has 0 radical (unpaired) electrons. The van der Waals surface area contributed by atoms with E-state index in [2.05, 4.69) is 176 Å². The van der Waals surface area contributed by atoms with Crippen molar-refractivity contribution >= 4 is 126 Å². The second-order valence-corrected chi connectivity index (χ2v) is 38.4. The normalized spacial score (nSPS) is 14.2. The Bertz CT molecular complexity index is 4050. The molecular formula is C88H118N4S8. The molecule has 0 N–H and O–H groups in total. The molecule has 100 heavy (non-hydrogen) atoms. The molecular weight excluding hydrogens is 1370 g/mol. The fourth-order valence-electron chi connectivity index (χ4n) is 17.4. The Morgan fingerprint density at radius 3 is 1.08 bits per heavy atom. The zero-order chi connectivity index (χ0) is 69.6. The highest BCUT2D eigenvalue weighted by atomic mass is 32.2. The minimum Gasteiger partial charge on any atom is -0.173 e. The van der Waals surface area contributed by atoms with Crippen LogP contribution in [0, 0.1) is 13.8 Å². The summed E-state index contributed by atoms with van der Waals surface area (Å²) < 4.78 is 24.6. The molecule has 0 spiro atoms. The molecule has 4 heterocycles. The molecule has 4 aromatic heterocycles. The number of aryl methyl sites for hydroxylation is 2. The highest BCUT2D eigenvalue weighted by Crippen LogP contribution is 2.66. The predicted octanol–water partition coefficient (Wildman–Crippen LogP) is 31.2. The molecule has 0 atom stereocenters. The van der Waals surface area contributed by atoms with Gasteiger partial charge in [-0.1, -0.05) is 241 Å². The Hall–Kier alpha value is -3.20. The van der Waals surface area contributed by atoms with Crippen molar-refractivity contribution in [2.24, 2.45) is 0 Å². The standard InChI is InChI=1S/C88H118N4S8/c1-11-19-27-35-43-87(44-36-28-20-12-2)70-56-66-71(55-65(70)77-72(87)51-59(9)79-81(77)91-99-89-79)88(45-37-29-21-13-3,46-38-30-22-14-4)73-57-67(80-82(78(66)73)92-100-90-80)74-58-69-76(86(95-49-41-33-25-17-7)96-50-42-34-26-18-8)62-53-63-61(54-64(62)84(69)98-74)75(68-52-60(10)97-83(63)68)85(93-47-39-31-23-15-5)94-48-40-32-24-16-6/h51-58H,11-50H2,1-10H3. The summed E-state index contributed by atoms with van der Waals surface area (Å²) in [5, 5.41) is 0. The molecule has 0 saturated carbocycles. The summed E-state index contributed by atoms with van der Waals surface area (Å²) in [5.41, 5.74) is 30.5. The van der Waals surface area contributed by atoms with E-state index in [1.807, 2.05) is 11.3 Å². The maximum Gasteiger partial charge on any atom is 0.114 e. The fourth-order valence-corrected chi connectivity index (χ4v) is 26.1. The van der Waals surface area contributed by atoms with E-state index >= 15 is 0 Å². The zero-order valence-corrected chi connectivity index (χ0v) is 69.5. The summed E-state index contributed by atoms with van der Waals surface area (Å²) in [4.78, 5) is 5.73. The van der Waals surface area contributed by atoms with Crippen LogP contribution in [0.25, 0.3) is 86.8 Å². The van der Waals surface area contributed by atoms with Gasteiger partial charge < -0.3 is 0 Å². The molecule has 12 heteroatoms. The van der Waals surface area contributed by atoms with Crippen LogP contribution < -0.4 is 0 Å². The van der Waals surface area contributed by atoms with Crippen molar-refractivity contribution in [1.82, 2.24) is 17.5 Å². The van der Waals surface area contributed by atoms with Crippen LogP contribution in [0.1, 0.15) is 341 Å². The molecule has 0 amide bonds. The molecule has 8 aromatic rings. The maximum absolute atomic E-state index is 5.62. The van der Waals surface area contributed by atoms with Gasteiger partial charge in [0.15, 0.2) is 0 Å². The van der Waals surface area contributed by atoms with Crippen molar-refractivity contribution in [2.75, 3.05) is 23.0 Å². The monoisotopic (exact) mass is 1490 g/mol. The van der Waals surface area contributed by atoms with Crippen LogP contribution in [0.15, 0.2) is 57.0 Å². The summed E-state index contributed by atoms with van der Waals surface area (Å²) in [6.07, 6.45) is 45.3. The molecule has 4 aliphatic rings. The van der Waals surface area contributed by atoms with Crippen LogP contribution in [0.4, 0.5) is 0 Å². The topological polar surface area (TPSA) is 51.6 Å². The largest absolute Gasteiger partial charge is 0.173 e. The lowest BCUT2D eigenvalue weighted by Crippen LogP contribution is -2.27. The lowest BCUT2D eigenvalue weighted by molar-refractivity contribution is 0.397. The number of unbranched alkanes of at least 4 members (excludes halogenated alkanes) is 24. The molecule has 12 rings (SSSR count). The summed E-state index contributed by atoms with van der Waals surface area (Å²) in [6.45, 7) is 23.6. The fraction of sp³-hybridized carbons (Fsp3) is 0.591. The van der Waals surface area contributed by atoms with Gasteiger partial charge in [0.2, 0.25) is 0 Å². The molecule has 4 nitrogen and oxygen atoms in total. The second kappa shape index (κ2) is 36.9. The highest BCUT2D eigenvalue weighted by Gasteiger charge is 2.50. The van der Waals surface area contributed by atoms with E-state index < -0.39 is 0 Å². The number of hydrogen-bond acceptors (Lipinski definition) is 12. The predicted molar refractivity (Wildman–Crippen MR) is 456 cm³/mol. The lowest BCUT2D eigenvalue weighted by atomic mass is 9.68. The van der Waals surface area contributed by atoms with E-state index in [9.17, 15) is 0 Å². The summed E-state index contributed by atoms with van der Waals surface area (Å²) in [6, 6.07) is 21.7. The number of hydrogen-bond donors (Lipinski definition) is 0. The number of rotatable bonds is 45. The molecule has 0 unspecified atom stereocenters. The number of aromatic nitrogens is 4. The van der Waals surface area contributed by atoms with Gasteiger partial charge in [-0.15, -0.1) is 69.7 Å². The Morgan fingerprint density at radius 1 is 0.310 bits per heavy atom. The van der Waals surface area contributed by atoms with Gasteiger partial charge in [-0.3, -0.25) is 0 Å². The minimum atomic E-state index is -0.180. The van der Waals surface area contributed by atoms with Crippen molar-refractivity contribution in [1.29, 1.82) is 0 Å². The molecule has 0 bridgehead atoms. The SMILES string of the molecule is CCCCCCSC(SCCCCCC)=C1c2cc3c(cc2-c2sc(C)cc21)C(=C(SCCCCCC)SCCCCCC)c1cc(-c2cc4c(c5nsnc25)-c2cc5c(cc2C4(CCCCCC)CCCCCC)-c2c(cc(C)c4nsnc24)C5(CCCCCC)CCCCCC)sc1-3. The molecule has 0 fully saturated rings. The summed E-state index contributed by atoms with van der Waals surface area (Å²) in [5.74, 6) is 4.70. The first-order chi connectivity index (χ1) is 49.1. The molecule has 4 aliphatic carbocycles. The van der Waals surface area contributed by atoms with E-state index in [0.29, 0.717) is 0 Å². The van der Waals surface area contributed by atoms with Crippen LogP contribution in [0.5, 0.6) is 0 Å². The van der Waals surface area contributed by atoms with Gasteiger partial charge >= 0.3 is 0 Å². The number of benzene rings is 4. The molecule has 538 valence electrons. The van der Waals surface area contributed by atoms with Crippen molar-refractivity contribution < 1.29 is 0 Å². The smallest absolute Gasteiger partial charge is 0.114 e. The zero-order valence-electron chi connectivity index (χ0n) is 63.0. The third kappa shape index (κ3) is 15.9. The van der Waals surface area contributed by atoms with Crippen LogP contribution in [-0.4, -0.2) is 40.5 Å². The first-order valence-electron chi connectivity index (χ1n) is 40.4. The van der Waals surface area contributed by atoms with Gasteiger partial charge in [0.1, 0.15) is 22.1 Å². The van der Waals surface area contributed by atoms with Gasteiger partial charge in [0, 0.05) is 88.9 Å². The Balaban J connectivity index is 1.08. The van der Waals surface area contributed by atoms with Crippen LogP contribution in [0.3, 0.4) is 0 Å². The third-order valence-corrected chi connectivity index (χ3v) is 31.4.